The molecule has 0 aromatic heterocycles. The van der Waals surface area contributed by atoms with Gasteiger partial charge in [-0.05, 0) is 31.5 Å². The number of rotatable bonds is 4. The summed E-state index contributed by atoms with van der Waals surface area (Å²) in [5.74, 6) is -0.145. The van der Waals surface area contributed by atoms with Crippen molar-refractivity contribution in [2.24, 2.45) is 0 Å². The number of aliphatic hydroxyl groups excluding tert-OH is 2. The summed E-state index contributed by atoms with van der Waals surface area (Å²) in [4.78, 5) is 13.6. The number of aliphatic hydroxyl groups is 2. The highest BCUT2D eigenvalue weighted by Crippen LogP contribution is 2.15. The van der Waals surface area contributed by atoms with Gasteiger partial charge in [0, 0.05) is 12.6 Å². The van der Waals surface area contributed by atoms with Crippen molar-refractivity contribution in [2.75, 3.05) is 13.7 Å². The fraction of sp³-hybridized carbons (Fsp3) is 0.462. The molecule has 0 unspecified atom stereocenters. The van der Waals surface area contributed by atoms with E-state index in [9.17, 15) is 9.90 Å². The molecule has 1 rings (SSSR count). The minimum absolute atomic E-state index is 0.0353. The van der Waals surface area contributed by atoms with Gasteiger partial charge in [-0.3, -0.25) is 4.79 Å². The Hall–Kier alpha value is -1.39. The molecule has 17 heavy (non-hydrogen) atoms. The van der Waals surface area contributed by atoms with Crippen molar-refractivity contribution < 1.29 is 15.0 Å². The Morgan fingerprint density at radius 2 is 1.76 bits per heavy atom. The molecule has 0 aliphatic carbocycles. The Balaban J connectivity index is 2.89. The molecule has 94 valence electrons. The van der Waals surface area contributed by atoms with Crippen LogP contribution < -0.4 is 0 Å². The summed E-state index contributed by atoms with van der Waals surface area (Å²) in [6.07, 6.45) is 0. The molecule has 0 atom stereocenters. The summed E-state index contributed by atoms with van der Waals surface area (Å²) in [5.41, 5.74) is 0.726. The molecular weight excluding hydrogens is 218 g/mol. The van der Waals surface area contributed by atoms with Crippen LogP contribution in [0, 0.1) is 0 Å². The van der Waals surface area contributed by atoms with Gasteiger partial charge in [0.1, 0.15) is 0 Å². The summed E-state index contributed by atoms with van der Waals surface area (Å²) in [7, 11) is 1.67. The number of likely N-dealkylation sites (N-methyl/N-ethyl adjacent to an activating group) is 1. The fourth-order valence-corrected chi connectivity index (χ4v) is 1.33. The predicted molar refractivity (Wildman–Crippen MR) is 65.6 cm³/mol. The molecule has 0 aliphatic heterocycles. The predicted octanol–water partition coefficient (Wildman–Crippen LogP) is 1.02. The van der Waals surface area contributed by atoms with E-state index in [1.807, 2.05) is 0 Å². The molecule has 0 bridgehead atoms. The average Bonchev–Trinajstić information content (AvgIpc) is 2.37. The van der Waals surface area contributed by atoms with E-state index in [1.54, 1.807) is 45.2 Å². The Morgan fingerprint density at radius 3 is 2.18 bits per heavy atom. The first-order valence-electron chi connectivity index (χ1n) is 5.51. The van der Waals surface area contributed by atoms with Crippen LogP contribution in [0.3, 0.4) is 0 Å². The second-order valence-electron chi connectivity index (χ2n) is 4.69. The van der Waals surface area contributed by atoms with Crippen molar-refractivity contribution in [1.82, 2.24) is 4.90 Å². The maximum atomic E-state index is 12.1. The zero-order chi connectivity index (χ0) is 13.1. The van der Waals surface area contributed by atoms with E-state index in [4.69, 9.17) is 5.11 Å². The molecule has 0 spiro atoms. The maximum Gasteiger partial charge on any atom is 0.254 e. The van der Waals surface area contributed by atoms with Crippen molar-refractivity contribution in [3.05, 3.63) is 35.4 Å². The van der Waals surface area contributed by atoms with Gasteiger partial charge >= 0.3 is 0 Å². The minimum Gasteiger partial charge on any atom is -0.394 e. The lowest BCUT2D eigenvalue weighted by Crippen LogP contribution is -2.47. The number of hydrogen-bond donors (Lipinski definition) is 2. The number of carbonyl (C=O) groups is 1. The van der Waals surface area contributed by atoms with E-state index in [0.29, 0.717) is 5.56 Å². The third-order valence-electron chi connectivity index (χ3n) is 2.98. The van der Waals surface area contributed by atoms with Gasteiger partial charge in [-0.15, -0.1) is 0 Å². The van der Waals surface area contributed by atoms with Crippen molar-refractivity contribution >= 4 is 5.91 Å². The second kappa shape index (κ2) is 5.29. The second-order valence-corrected chi connectivity index (χ2v) is 4.69. The number of benzene rings is 1. The normalized spacial score (nSPS) is 11.4. The molecule has 4 nitrogen and oxygen atoms in total. The van der Waals surface area contributed by atoms with Gasteiger partial charge in [-0.2, -0.15) is 0 Å². The van der Waals surface area contributed by atoms with E-state index in [-0.39, 0.29) is 19.1 Å². The molecule has 1 aromatic carbocycles. The van der Waals surface area contributed by atoms with Crippen LogP contribution in [0.2, 0.25) is 0 Å². The number of amides is 1. The molecule has 0 radical (unpaired) electrons. The topological polar surface area (TPSA) is 60.8 Å². The molecule has 4 heteroatoms. The molecular formula is C13H19NO3. The standard InChI is InChI=1S/C13H19NO3/c1-13(2,9-16)14(3)12(17)11-6-4-10(8-15)5-7-11/h4-7,15-16H,8-9H2,1-3H3. The van der Waals surface area contributed by atoms with E-state index in [2.05, 4.69) is 0 Å². The van der Waals surface area contributed by atoms with Crippen LogP contribution in [0.25, 0.3) is 0 Å². The van der Waals surface area contributed by atoms with Crippen LogP contribution in [-0.4, -0.2) is 40.2 Å². The van der Waals surface area contributed by atoms with Gasteiger partial charge < -0.3 is 15.1 Å². The number of nitrogens with zero attached hydrogens (tertiary/aromatic N) is 1. The van der Waals surface area contributed by atoms with Crippen LogP contribution >= 0.6 is 0 Å². The summed E-state index contributed by atoms with van der Waals surface area (Å²) >= 11 is 0. The summed E-state index contributed by atoms with van der Waals surface area (Å²) in [6, 6.07) is 6.79. The van der Waals surface area contributed by atoms with Gasteiger partial charge in [0.15, 0.2) is 0 Å². The number of carbonyl (C=O) groups excluding carboxylic acids is 1. The van der Waals surface area contributed by atoms with Gasteiger partial charge in [0.25, 0.3) is 5.91 Å². The maximum absolute atomic E-state index is 12.1. The first kappa shape index (κ1) is 13.7. The van der Waals surface area contributed by atoms with Crippen molar-refractivity contribution in [2.45, 2.75) is 26.0 Å². The average molecular weight is 237 g/mol. The van der Waals surface area contributed by atoms with Crippen molar-refractivity contribution in [1.29, 1.82) is 0 Å². The van der Waals surface area contributed by atoms with Crippen LogP contribution in [0.5, 0.6) is 0 Å². The number of hydrogen-bond acceptors (Lipinski definition) is 3. The highest BCUT2D eigenvalue weighted by Gasteiger charge is 2.27. The Bertz CT molecular complexity index is 384. The Labute approximate surface area is 101 Å². The lowest BCUT2D eigenvalue weighted by molar-refractivity contribution is 0.0473. The zero-order valence-electron chi connectivity index (χ0n) is 10.5. The fourth-order valence-electron chi connectivity index (χ4n) is 1.33. The van der Waals surface area contributed by atoms with Crippen LogP contribution in [0.15, 0.2) is 24.3 Å². The minimum atomic E-state index is -0.591. The molecule has 0 heterocycles. The highest BCUT2D eigenvalue weighted by atomic mass is 16.3. The Kier molecular flexibility index (Phi) is 4.26. The molecule has 0 saturated heterocycles. The first-order chi connectivity index (χ1) is 7.92. The van der Waals surface area contributed by atoms with Crippen molar-refractivity contribution in [3.8, 4) is 0 Å². The van der Waals surface area contributed by atoms with E-state index < -0.39 is 5.54 Å². The SMILES string of the molecule is CN(C(=O)c1ccc(CO)cc1)C(C)(C)CO. The van der Waals surface area contributed by atoms with Crippen LogP contribution in [0.1, 0.15) is 29.8 Å². The van der Waals surface area contributed by atoms with Gasteiger partial charge in [0.05, 0.1) is 18.8 Å². The van der Waals surface area contributed by atoms with Gasteiger partial charge in [-0.1, -0.05) is 12.1 Å². The molecule has 1 amide bonds. The van der Waals surface area contributed by atoms with Crippen LogP contribution in [0.4, 0.5) is 0 Å². The summed E-state index contributed by atoms with van der Waals surface area (Å²) in [5, 5.41) is 18.1. The summed E-state index contributed by atoms with van der Waals surface area (Å²) < 4.78 is 0. The van der Waals surface area contributed by atoms with E-state index in [0.717, 1.165) is 5.56 Å². The quantitative estimate of drug-likeness (QED) is 0.822. The first-order valence-corrected chi connectivity index (χ1v) is 5.51. The highest BCUT2D eigenvalue weighted by molar-refractivity contribution is 5.94. The van der Waals surface area contributed by atoms with E-state index in [1.165, 1.54) is 4.90 Å². The largest absolute Gasteiger partial charge is 0.394 e. The lowest BCUT2D eigenvalue weighted by atomic mass is 10.0. The van der Waals surface area contributed by atoms with Crippen molar-refractivity contribution in [3.63, 3.8) is 0 Å². The van der Waals surface area contributed by atoms with Gasteiger partial charge in [0.2, 0.25) is 0 Å². The van der Waals surface area contributed by atoms with Gasteiger partial charge in [-0.25, -0.2) is 0 Å². The summed E-state index contributed by atoms with van der Waals surface area (Å²) in [6.45, 7) is 3.47. The zero-order valence-corrected chi connectivity index (χ0v) is 10.5. The third-order valence-corrected chi connectivity index (χ3v) is 2.98. The molecule has 0 aliphatic rings. The Morgan fingerprint density at radius 1 is 1.24 bits per heavy atom. The lowest BCUT2D eigenvalue weighted by Gasteiger charge is -2.34. The molecule has 0 saturated carbocycles. The molecule has 1 aromatic rings. The monoisotopic (exact) mass is 237 g/mol. The van der Waals surface area contributed by atoms with E-state index >= 15 is 0 Å². The van der Waals surface area contributed by atoms with Crippen LogP contribution in [-0.2, 0) is 6.61 Å². The molecule has 0 fully saturated rings. The molecule has 2 N–H and O–H groups in total. The smallest absolute Gasteiger partial charge is 0.254 e. The third kappa shape index (κ3) is 3.05.